The minimum atomic E-state index is 1.07. The third-order valence-corrected chi connectivity index (χ3v) is 3.72. The van der Waals surface area contributed by atoms with Crippen molar-refractivity contribution in [2.75, 3.05) is 0 Å². The third-order valence-electron chi connectivity index (χ3n) is 3.72. The van der Waals surface area contributed by atoms with Gasteiger partial charge in [0, 0.05) is 0 Å². The first-order valence-electron chi connectivity index (χ1n) is 4.67. The van der Waals surface area contributed by atoms with Crippen LogP contribution in [0.15, 0.2) is 11.1 Å². The molecule has 0 amide bonds. The fourth-order valence-electron chi connectivity index (χ4n) is 3.34. The molecule has 0 N–H and O–H groups in total. The van der Waals surface area contributed by atoms with Gasteiger partial charge >= 0.3 is 0 Å². The fourth-order valence-corrected chi connectivity index (χ4v) is 3.34. The fraction of sp³-hybridized carbons (Fsp3) is 0.800. The van der Waals surface area contributed by atoms with Crippen LogP contribution in [0.3, 0.4) is 0 Å². The Morgan fingerprint density at radius 2 is 1.50 bits per heavy atom. The summed E-state index contributed by atoms with van der Waals surface area (Å²) in [6.45, 7) is 0. The zero-order valence-electron chi connectivity index (χ0n) is 6.40. The van der Waals surface area contributed by atoms with Crippen molar-refractivity contribution in [1.82, 2.24) is 0 Å². The largest absolute Gasteiger partial charge is 0.0676 e. The Hall–Kier alpha value is -0.260. The van der Waals surface area contributed by atoms with Crippen molar-refractivity contribution in [1.29, 1.82) is 0 Å². The first-order chi connectivity index (χ1) is 4.95. The minimum absolute atomic E-state index is 1.07. The van der Waals surface area contributed by atoms with E-state index < -0.39 is 0 Å². The standard InChI is InChI=1S/C10H14/c1-2-9-7-4-5-8(6-7)10(9)3-1/h7-8H,1-6H2. The molecular weight excluding hydrogens is 120 g/mol. The zero-order chi connectivity index (χ0) is 6.55. The molecule has 0 spiro atoms. The lowest BCUT2D eigenvalue weighted by Gasteiger charge is -2.11. The summed E-state index contributed by atoms with van der Waals surface area (Å²) in [4.78, 5) is 0. The van der Waals surface area contributed by atoms with E-state index in [4.69, 9.17) is 0 Å². The summed E-state index contributed by atoms with van der Waals surface area (Å²) >= 11 is 0. The van der Waals surface area contributed by atoms with Crippen LogP contribution in [0, 0.1) is 11.8 Å². The molecule has 0 heterocycles. The highest BCUT2D eigenvalue weighted by atomic mass is 14.4. The van der Waals surface area contributed by atoms with E-state index in [1.165, 1.54) is 32.1 Å². The van der Waals surface area contributed by atoms with Crippen molar-refractivity contribution >= 4 is 0 Å². The van der Waals surface area contributed by atoms with Gasteiger partial charge in [0.1, 0.15) is 0 Å². The highest BCUT2D eigenvalue weighted by molar-refractivity contribution is 5.32. The molecule has 2 unspecified atom stereocenters. The number of hydrogen-bond donors (Lipinski definition) is 0. The van der Waals surface area contributed by atoms with Crippen LogP contribution in [0.25, 0.3) is 0 Å². The number of rotatable bonds is 0. The molecule has 2 bridgehead atoms. The molecule has 0 nitrogen and oxygen atoms in total. The number of fused-ring (bicyclic) bond motifs is 4. The SMILES string of the molecule is C1CC2=C(C1)C1CCC2C1. The van der Waals surface area contributed by atoms with Gasteiger partial charge in [-0.15, -0.1) is 0 Å². The molecule has 10 heavy (non-hydrogen) atoms. The van der Waals surface area contributed by atoms with Crippen molar-refractivity contribution in [3.63, 3.8) is 0 Å². The molecule has 1 fully saturated rings. The average Bonchev–Trinajstić information content (AvgIpc) is 2.60. The van der Waals surface area contributed by atoms with Gasteiger partial charge in [0.15, 0.2) is 0 Å². The van der Waals surface area contributed by atoms with Crippen molar-refractivity contribution in [3.8, 4) is 0 Å². The van der Waals surface area contributed by atoms with Gasteiger partial charge in [-0.2, -0.15) is 0 Å². The Balaban J connectivity index is 2.06. The third kappa shape index (κ3) is 0.492. The van der Waals surface area contributed by atoms with Crippen molar-refractivity contribution in [2.45, 2.75) is 38.5 Å². The van der Waals surface area contributed by atoms with E-state index in [1.54, 1.807) is 6.42 Å². The normalized spacial score (nSPS) is 43.2. The molecule has 3 rings (SSSR count). The summed E-state index contributed by atoms with van der Waals surface area (Å²) in [5, 5.41) is 0. The summed E-state index contributed by atoms with van der Waals surface area (Å²) < 4.78 is 0. The van der Waals surface area contributed by atoms with Gasteiger partial charge in [0.25, 0.3) is 0 Å². The molecule has 2 atom stereocenters. The smallest absolute Gasteiger partial charge is 0.0195 e. The van der Waals surface area contributed by atoms with Gasteiger partial charge < -0.3 is 0 Å². The Kier molecular flexibility index (Phi) is 0.898. The number of allylic oxidation sites excluding steroid dienone is 2. The van der Waals surface area contributed by atoms with E-state index in [0.29, 0.717) is 0 Å². The first-order valence-corrected chi connectivity index (χ1v) is 4.67. The molecule has 1 saturated carbocycles. The van der Waals surface area contributed by atoms with Crippen LogP contribution in [0.5, 0.6) is 0 Å². The number of hydrogen-bond acceptors (Lipinski definition) is 0. The second-order valence-electron chi connectivity index (χ2n) is 4.11. The topological polar surface area (TPSA) is 0 Å². The molecule has 0 heteroatoms. The monoisotopic (exact) mass is 134 g/mol. The van der Waals surface area contributed by atoms with E-state index in [9.17, 15) is 0 Å². The molecule has 0 saturated heterocycles. The van der Waals surface area contributed by atoms with Gasteiger partial charge in [0.2, 0.25) is 0 Å². The van der Waals surface area contributed by atoms with Gasteiger partial charge in [-0.1, -0.05) is 11.1 Å². The minimum Gasteiger partial charge on any atom is -0.0676 e. The summed E-state index contributed by atoms with van der Waals surface area (Å²) in [6.07, 6.45) is 9.03. The van der Waals surface area contributed by atoms with Crippen LogP contribution < -0.4 is 0 Å². The Morgan fingerprint density at radius 3 is 2.10 bits per heavy atom. The highest BCUT2D eigenvalue weighted by Crippen LogP contribution is 2.54. The van der Waals surface area contributed by atoms with E-state index in [0.717, 1.165) is 11.8 Å². The van der Waals surface area contributed by atoms with E-state index in [1.807, 2.05) is 11.1 Å². The van der Waals surface area contributed by atoms with Crippen molar-refractivity contribution < 1.29 is 0 Å². The predicted molar refractivity (Wildman–Crippen MR) is 41.7 cm³/mol. The van der Waals surface area contributed by atoms with E-state index in [-0.39, 0.29) is 0 Å². The zero-order valence-corrected chi connectivity index (χ0v) is 6.40. The van der Waals surface area contributed by atoms with Crippen LogP contribution in [-0.2, 0) is 0 Å². The van der Waals surface area contributed by atoms with Crippen LogP contribution in [0.2, 0.25) is 0 Å². The molecule has 3 aliphatic rings. The summed E-state index contributed by atoms with van der Waals surface area (Å²) in [6, 6.07) is 0. The van der Waals surface area contributed by atoms with Crippen LogP contribution in [0.1, 0.15) is 38.5 Å². The second kappa shape index (κ2) is 1.66. The summed E-state index contributed by atoms with van der Waals surface area (Å²) in [5.74, 6) is 2.14. The van der Waals surface area contributed by atoms with Gasteiger partial charge in [-0.3, -0.25) is 0 Å². The molecule has 3 aliphatic carbocycles. The molecule has 0 aromatic carbocycles. The molecular formula is C10H14. The average molecular weight is 134 g/mol. The Labute approximate surface area is 62.3 Å². The molecule has 0 aromatic heterocycles. The maximum atomic E-state index is 1.91. The van der Waals surface area contributed by atoms with Crippen LogP contribution >= 0.6 is 0 Å². The lowest BCUT2D eigenvalue weighted by atomic mass is 9.94. The van der Waals surface area contributed by atoms with Crippen LogP contribution in [-0.4, -0.2) is 0 Å². The second-order valence-corrected chi connectivity index (χ2v) is 4.11. The molecule has 0 aromatic rings. The summed E-state index contributed by atoms with van der Waals surface area (Å²) in [5.41, 5.74) is 3.83. The summed E-state index contributed by atoms with van der Waals surface area (Å²) in [7, 11) is 0. The maximum absolute atomic E-state index is 1.91. The molecule has 0 radical (unpaired) electrons. The van der Waals surface area contributed by atoms with E-state index >= 15 is 0 Å². The maximum Gasteiger partial charge on any atom is -0.0195 e. The molecule has 54 valence electrons. The van der Waals surface area contributed by atoms with Gasteiger partial charge in [0.05, 0.1) is 0 Å². The first kappa shape index (κ1) is 5.40. The Morgan fingerprint density at radius 1 is 0.900 bits per heavy atom. The van der Waals surface area contributed by atoms with Gasteiger partial charge in [-0.25, -0.2) is 0 Å². The van der Waals surface area contributed by atoms with E-state index in [2.05, 4.69) is 0 Å². The predicted octanol–water partition coefficient (Wildman–Crippen LogP) is 2.90. The van der Waals surface area contributed by atoms with Crippen molar-refractivity contribution in [2.24, 2.45) is 11.8 Å². The lowest BCUT2D eigenvalue weighted by Crippen LogP contribution is -1.96. The highest BCUT2D eigenvalue weighted by Gasteiger charge is 2.40. The Bertz CT molecular complexity index is 180. The quantitative estimate of drug-likeness (QED) is 0.447. The van der Waals surface area contributed by atoms with Crippen molar-refractivity contribution in [3.05, 3.63) is 11.1 Å². The van der Waals surface area contributed by atoms with Gasteiger partial charge in [-0.05, 0) is 50.4 Å². The van der Waals surface area contributed by atoms with Crippen LogP contribution in [0.4, 0.5) is 0 Å². The molecule has 0 aliphatic heterocycles. The lowest BCUT2D eigenvalue weighted by molar-refractivity contribution is 0.614.